The van der Waals surface area contributed by atoms with Gasteiger partial charge in [-0.2, -0.15) is 0 Å². The third-order valence-corrected chi connectivity index (χ3v) is 3.61. The molecule has 1 aromatic rings. The standard InChI is InChI=1S/C12H19NO2S/c1-4-5-10-8-11(16-9(10)2)12(15)13(3)6-7-14/h8,14H,4-7H2,1-3H3. The Kier molecular flexibility index (Phi) is 4.96. The number of likely N-dealkylation sites (N-methyl/N-ethyl adjacent to an activating group) is 1. The van der Waals surface area contributed by atoms with E-state index in [0.29, 0.717) is 6.54 Å². The summed E-state index contributed by atoms with van der Waals surface area (Å²) in [6.45, 7) is 4.59. The van der Waals surface area contributed by atoms with Crippen molar-refractivity contribution >= 4 is 17.2 Å². The molecule has 0 spiro atoms. The summed E-state index contributed by atoms with van der Waals surface area (Å²) < 4.78 is 0. The van der Waals surface area contributed by atoms with Gasteiger partial charge in [-0.25, -0.2) is 0 Å². The molecule has 0 fully saturated rings. The van der Waals surface area contributed by atoms with Crippen molar-refractivity contribution in [3.05, 3.63) is 21.4 Å². The molecule has 4 heteroatoms. The molecule has 0 unspecified atom stereocenters. The molecule has 0 atom stereocenters. The zero-order chi connectivity index (χ0) is 12.1. The molecule has 1 rings (SSSR count). The minimum Gasteiger partial charge on any atom is -0.395 e. The summed E-state index contributed by atoms with van der Waals surface area (Å²) in [7, 11) is 1.72. The molecule has 90 valence electrons. The zero-order valence-corrected chi connectivity index (χ0v) is 10.9. The molecule has 16 heavy (non-hydrogen) atoms. The van der Waals surface area contributed by atoms with Crippen LogP contribution in [0.3, 0.4) is 0 Å². The molecule has 0 saturated heterocycles. The van der Waals surface area contributed by atoms with Gasteiger partial charge in [-0.1, -0.05) is 13.3 Å². The Morgan fingerprint density at radius 3 is 2.81 bits per heavy atom. The van der Waals surface area contributed by atoms with Crippen LogP contribution < -0.4 is 0 Å². The van der Waals surface area contributed by atoms with E-state index in [1.54, 1.807) is 23.3 Å². The number of aliphatic hydroxyl groups is 1. The number of carbonyl (C=O) groups excluding carboxylic acids is 1. The highest BCUT2D eigenvalue weighted by Crippen LogP contribution is 2.23. The Balaban J connectivity index is 2.80. The van der Waals surface area contributed by atoms with Gasteiger partial charge in [0.05, 0.1) is 11.5 Å². The van der Waals surface area contributed by atoms with Crippen LogP contribution >= 0.6 is 11.3 Å². The molecule has 0 aliphatic carbocycles. The van der Waals surface area contributed by atoms with Crippen molar-refractivity contribution in [2.75, 3.05) is 20.2 Å². The number of aliphatic hydroxyl groups excluding tert-OH is 1. The fourth-order valence-corrected chi connectivity index (χ4v) is 2.65. The number of hydrogen-bond acceptors (Lipinski definition) is 3. The molecule has 1 amide bonds. The fourth-order valence-electron chi connectivity index (χ4n) is 1.58. The van der Waals surface area contributed by atoms with E-state index in [2.05, 4.69) is 13.8 Å². The average molecular weight is 241 g/mol. The van der Waals surface area contributed by atoms with Gasteiger partial charge in [-0.3, -0.25) is 4.79 Å². The van der Waals surface area contributed by atoms with Gasteiger partial charge in [0.25, 0.3) is 5.91 Å². The van der Waals surface area contributed by atoms with Crippen LogP contribution in [0.25, 0.3) is 0 Å². The van der Waals surface area contributed by atoms with Gasteiger partial charge >= 0.3 is 0 Å². The Morgan fingerprint density at radius 2 is 2.25 bits per heavy atom. The van der Waals surface area contributed by atoms with Crippen molar-refractivity contribution < 1.29 is 9.90 Å². The number of nitrogens with zero attached hydrogens (tertiary/aromatic N) is 1. The van der Waals surface area contributed by atoms with Crippen LogP contribution in [0.4, 0.5) is 0 Å². The molecule has 1 heterocycles. The fraction of sp³-hybridized carbons (Fsp3) is 0.583. The van der Waals surface area contributed by atoms with Crippen LogP contribution in [0, 0.1) is 6.92 Å². The summed E-state index contributed by atoms with van der Waals surface area (Å²) >= 11 is 1.54. The monoisotopic (exact) mass is 241 g/mol. The van der Waals surface area contributed by atoms with Crippen LogP contribution in [0.15, 0.2) is 6.07 Å². The summed E-state index contributed by atoms with van der Waals surface area (Å²) in [5.74, 6) is 0.00417. The second kappa shape index (κ2) is 6.01. The number of aryl methyl sites for hydroxylation is 2. The third kappa shape index (κ3) is 3.06. The summed E-state index contributed by atoms with van der Waals surface area (Å²) in [5, 5.41) is 8.79. The average Bonchev–Trinajstić information content (AvgIpc) is 2.60. The second-order valence-corrected chi connectivity index (χ2v) is 5.15. The first-order valence-corrected chi connectivity index (χ1v) is 6.37. The lowest BCUT2D eigenvalue weighted by Gasteiger charge is -2.13. The van der Waals surface area contributed by atoms with E-state index in [0.717, 1.165) is 17.7 Å². The van der Waals surface area contributed by atoms with Crippen LogP contribution in [0.5, 0.6) is 0 Å². The van der Waals surface area contributed by atoms with Crippen LogP contribution in [0.2, 0.25) is 0 Å². The SMILES string of the molecule is CCCc1cc(C(=O)N(C)CCO)sc1C. The smallest absolute Gasteiger partial charge is 0.263 e. The van der Waals surface area contributed by atoms with E-state index in [-0.39, 0.29) is 12.5 Å². The third-order valence-electron chi connectivity index (χ3n) is 2.53. The van der Waals surface area contributed by atoms with Crippen molar-refractivity contribution in [2.24, 2.45) is 0 Å². The normalized spacial score (nSPS) is 10.5. The minimum absolute atomic E-state index is 0.00417. The predicted octanol–water partition coefficient (Wildman–Crippen LogP) is 2.07. The minimum atomic E-state index is 0.00417. The summed E-state index contributed by atoms with van der Waals surface area (Å²) in [5.41, 5.74) is 1.27. The molecule has 0 saturated carbocycles. The second-order valence-electron chi connectivity index (χ2n) is 3.89. The van der Waals surface area contributed by atoms with E-state index in [4.69, 9.17) is 5.11 Å². The van der Waals surface area contributed by atoms with Gasteiger partial charge in [0.2, 0.25) is 0 Å². The first kappa shape index (κ1) is 13.2. The van der Waals surface area contributed by atoms with Gasteiger partial charge in [0, 0.05) is 18.5 Å². The number of thiophene rings is 1. The van der Waals surface area contributed by atoms with Crippen molar-refractivity contribution in [2.45, 2.75) is 26.7 Å². The molecule has 0 aromatic carbocycles. The maximum atomic E-state index is 11.9. The summed E-state index contributed by atoms with van der Waals surface area (Å²) in [6.07, 6.45) is 2.12. The maximum Gasteiger partial charge on any atom is 0.263 e. The first-order valence-electron chi connectivity index (χ1n) is 5.55. The van der Waals surface area contributed by atoms with E-state index >= 15 is 0 Å². The highest BCUT2D eigenvalue weighted by atomic mass is 32.1. The van der Waals surface area contributed by atoms with E-state index in [1.807, 2.05) is 6.07 Å². The number of amides is 1. The van der Waals surface area contributed by atoms with Crippen LogP contribution in [-0.2, 0) is 6.42 Å². The van der Waals surface area contributed by atoms with Gasteiger partial charge in [-0.15, -0.1) is 11.3 Å². The lowest BCUT2D eigenvalue weighted by Crippen LogP contribution is -2.28. The van der Waals surface area contributed by atoms with E-state index in [1.165, 1.54) is 10.4 Å². The van der Waals surface area contributed by atoms with E-state index in [9.17, 15) is 4.79 Å². The Labute approximate surface area is 101 Å². The molecule has 0 aliphatic heterocycles. The highest BCUT2D eigenvalue weighted by molar-refractivity contribution is 7.14. The van der Waals surface area contributed by atoms with Gasteiger partial charge in [0.15, 0.2) is 0 Å². The lowest BCUT2D eigenvalue weighted by molar-refractivity contribution is 0.0771. The van der Waals surface area contributed by atoms with Crippen molar-refractivity contribution in [3.63, 3.8) is 0 Å². The van der Waals surface area contributed by atoms with Crippen molar-refractivity contribution in [3.8, 4) is 0 Å². The quantitative estimate of drug-likeness (QED) is 0.857. The molecular formula is C12H19NO2S. The zero-order valence-electron chi connectivity index (χ0n) is 10.1. The van der Waals surface area contributed by atoms with Crippen LogP contribution in [0.1, 0.15) is 33.5 Å². The largest absolute Gasteiger partial charge is 0.395 e. The lowest BCUT2D eigenvalue weighted by atomic mass is 10.1. The Morgan fingerprint density at radius 1 is 1.56 bits per heavy atom. The van der Waals surface area contributed by atoms with Gasteiger partial charge < -0.3 is 10.0 Å². The molecule has 1 N–H and O–H groups in total. The topological polar surface area (TPSA) is 40.5 Å². The molecule has 0 aliphatic rings. The molecular weight excluding hydrogens is 222 g/mol. The first-order chi connectivity index (χ1) is 7.60. The molecule has 1 aromatic heterocycles. The summed E-state index contributed by atoms with van der Waals surface area (Å²) in [6, 6.07) is 1.99. The van der Waals surface area contributed by atoms with Gasteiger partial charge in [0.1, 0.15) is 0 Å². The number of carbonyl (C=O) groups is 1. The maximum absolute atomic E-state index is 11.9. The summed E-state index contributed by atoms with van der Waals surface area (Å²) in [4.78, 5) is 15.5. The van der Waals surface area contributed by atoms with Crippen molar-refractivity contribution in [1.82, 2.24) is 4.90 Å². The molecule has 0 radical (unpaired) electrons. The highest BCUT2D eigenvalue weighted by Gasteiger charge is 2.15. The molecule has 0 bridgehead atoms. The molecule has 3 nitrogen and oxygen atoms in total. The Hall–Kier alpha value is -0.870. The predicted molar refractivity (Wildman–Crippen MR) is 67.1 cm³/mol. The van der Waals surface area contributed by atoms with Crippen molar-refractivity contribution in [1.29, 1.82) is 0 Å². The number of hydrogen-bond donors (Lipinski definition) is 1. The van der Waals surface area contributed by atoms with Crippen LogP contribution in [-0.4, -0.2) is 36.1 Å². The number of rotatable bonds is 5. The Bertz CT molecular complexity index is 360. The van der Waals surface area contributed by atoms with Gasteiger partial charge in [-0.05, 0) is 25.0 Å². The van der Waals surface area contributed by atoms with E-state index < -0.39 is 0 Å².